The molecule has 1 fully saturated rings. The van der Waals surface area contributed by atoms with Crippen molar-refractivity contribution in [2.24, 2.45) is 5.92 Å². The van der Waals surface area contributed by atoms with Crippen molar-refractivity contribution in [1.82, 2.24) is 5.32 Å². The summed E-state index contributed by atoms with van der Waals surface area (Å²) in [5, 5.41) is 13.6. The summed E-state index contributed by atoms with van der Waals surface area (Å²) in [4.78, 5) is 22.2. The fraction of sp³-hybridized carbons (Fsp3) is 0.417. The highest BCUT2D eigenvalue weighted by Crippen LogP contribution is 2.35. The maximum Gasteiger partial charge on any atom is 0.282 e. The molecule has 1 aliphatic carbocycles. The predicted octanol–water partition coefficient (Wildman–Crippen LogP) is 3.00. The van der Waals surface area contributed by atoms with E-state index in [2.05, 4.69) is 5.32 Å². The fourth-order valence-electron chi connectivity index (χ4n) is 1.76. The van der Waals surface area contributed by atoms with Crippen LogP contribution in [-0.4, -0.2) is 22.8 Å². The van der Waals surface area contributed by atoms with Crippen molar-refractivity contribution in [3.63, 3.8) is 0 Å². The summed E-state index contributed by atoms with van der Waals surface area (Å²) in [6, 6.07) is 3.89. The van der Waals surface area contributed by atoms with Gasteiger partial charge in [0.25, 0.3) is 11.6 Å². The van der Waals surface area contributed by atoms with Crippen molar-refractivity contribution in [3.05, 3.63) is 38.9 Å². The van der Waals surface area contributed by atoms with Crippen LogP contribution in [0.1, 0.15) is 23.2 Å². The molecule has 0 heterocycles. The van der Waals surface area contributed by atoms with Crippen LogP contribution < -0.4 is 5.32 Å². The van der Waals surface area contributed by atoms with Gasteiger partial charge in [-0.05, 0) is 30.9 Å². The van der Waals surface area contributed by atoms with E-state index in [1.807, 2.05) is 0 Å². The first-order chi connectivity index (χ1) is 8.99. The molecule has 1 aromatic rings. The minimum atomic E-state index is -0.607. The molecular weight excluding hydrogens is 291 g/mol. The van der Waals surface area contributed by atoms with Gasteiger partial charge in [0, 0.05) is 17.6 Å². The number of hydrogen-bond donors (Lipinski definition) is 1. The van der Waals surface area contributed by atoms with E-state index in [4.69, 9.17) is 23.2 Å². The van der Waals surface area contributed by atoms with Crippen LogP contribution in [0.3, 0.4) is 0 Å². The number of amides is 1. The minimum Gasteiger partial charge on any atom is -0.350 e. The molecule has 102 valence electrons. The first kappa shape index (κ1) is 14.1. The number of halogens is 2. The molecule has 2 rings (SSSR count). The Hall–Kier alpha value is -1.33. The quantitative estimate of drug-likeness (QED) is 0.516. The van der Waals surface area contributed by atoms with Gasteiger partial charge in [0.1, 0.15) is 5.56 Å². The summed E-state index contributed by atoms with van der Waals surface area (Å²) >= 11 is 11.8. The number of alkyl halides is 1. The summed E-state index contributed by atoms with van der Waals surface area (Å²) in [7, 11) is 0. The average Bonchev–Trinajstić information content (AvgIpc) is 3.19. The van der Waals surface area contributed by atoms with Crippen molar-refractivity contribution >= 4 is 34.8 Å². The number of nitro benzene ring substituents is 1. The molecular formula is C12H12Cl2N2O3. The van der Waals surface area contributed by atoms with E-state index >= 15 is 0 Å². The number of rotatable bonds is 5. The zero-order valence-electron chi connectivity index (χ0n) is 9.94. The largest absolute Gasteiger partial charge is 0.350 e. The normalized spacial score (nSPS) is 15.9. The number of carbonyl (C=O) groups excluding carboxylic acids is 1. The third kappa shape index (κ3) is 3.58. The molecule has 1 aliphatic rings. The lowest BCUT2D eigenvalue weighted by molar-refractivity contribution is -0.385. The number of nitrogens with one attached hydrogen (secondary N) is 1. The molecule has 1 aromatic carbocycles. The maximum absolute atomic E-state index is 11.9. The molecule has 0 saturated heterocycles. The molecule has 5 nitrogen and oxygen atoms in total. The van der Waals surface area contributed by atoms with E-state index in [-0.39, 0.29) is 21.7 Å². The zero-order chi connectivity index (χ0) is 14.0. The van der Waals surface area contributed by atoms with E-state index in [1.165, 1.54) is 18.2 Å². The van der Waals surface area contributed by atoms with Crippen LogP contribution >= 0.6 is 23.2 Å². The van der Waals surface area contributed by atoms with Gasteiger partial charge < -0.3 is 5.32 Å². The van der Waals surface area contributed by atoms with E-state index in [9.17, 15) is 14.9 Å². The Labute approximate surface area is 120 Å². The van der Waals surface area contributed by atoms with Crippen LogP contribution in [-0.2, 0) is 0 Å². The van der Waals surface area contributed by atoms with Crippen LogP contribution in [0.5, 0.6) is 0 Å². The fourth-order valence-corrected chi connectivity index (χ4v) is 2.26. The van der Waals surface area contributed by atoms with Crippen LogP contribution in [0.25, 0.3) is 0 Å². The second-order valence-electron chi connectivity index (χ2n) is 4.48. The number of nitro groups is 1. The van der Waals surface area contributed by atoms with Gasteiger partial charge in [0.15, 0.2) is 0 Å². The van der Waals surface area contributed by atoms with E-state index in [0.717, 1.165) is 12.8 Å². The number of nitrogens with zero attached hydrogens (tertiary/aromatic N) is 1. The highest BCUT2D eigenvalue weighted by atomic mass is 35.5. The molecule has 1 atom stereocenters. The summed E-state index contributed by atoms with van der Waals surface area (Å²) in [6.07, 6.45) is 2.14. The van der Waals surface area contributed by atoms with E-state index in [1.54, 1.807) is 0 Å². The van der Waals surface area contributed by atoms with Crippen LogP contribution in [0.15, 0.2) is 18.2 Å². The lowest BCUT2D eigenvalue weighted by atomic mass is 10.1. The second kappa shape index (κ2) is 5.75. The van der Waals surface area contributed by atoms with Gasteiger partial charge >= 0.3 is 0 Å². The van der Waals surface area contributed by atoms with Crippen molar-refractivity contribution < 1.29 is 9.72 Å². The van der Waals surface area contributed by atoms with Gasteiger partial charge in [-0.2, -0.15) is 0 Å². The van der Waals surface area contributed by atoms with Gasteiger partial charge in [0.05, 0.1) is 10.3 Å². The van der Waals surface area contributed by atoms with Crippen molar-refractivity contribution in [2.45, 2.75) is 18.2 Å². The summed E-state index contributed by atoms with van der Waals surface area (Å²) in [5.41, 5.74) is -0.309. The lowest BCUT2D eigenvalue weighted by Gasteiger charge is -2.10. The highest BCUT2D eigenvalue weighted by molar-refractivity contribution is 6.31. The molecule has 7 heteroatoms. The van der Waals surface area contributed by atoms with E-state index in [0.29, 0.717) is 12.5 Å². The van der Waals surface area contributed by atoms with Gasteiger partial charge in [-0.1, -0.05) is 11.6 Å². The molecule has 19 heavy (non-hydrogen) atoms. The minimum absolute atomic E-state index is 0.0443. The van der Waals surface area contributed by atoms with Crippen molar-refractivity contribution in [1.29, 1.82) is 0 Å². The van der Waals surface area contributed by atoms with Gasteiger partial charge in [-0.15, -0.1) is 11.6 Å². The molecule has 1 saturated carbocycles. The predicted molar refractivity (Wildman–Crippen MR) is 72.8 cm³/mol. The summed E-state index contributed by atoms with van der Waals surface area (Å²) in [6.45, 7) is 0.300. The smallest absolute Gasteiger partial charge is 0.282 e. The SMILES string of the molecule is O=C(NCC(Cl)C1CC1)c1cc(Cl)ccc1[N+](=O)[O-]. The third-order valence-corrected chi connectivity index (χ3v) is 3.74. The monoisotopic (exact) mass is 302 g/mol. The lowest BCUT2D eigenvalue weighted by Crippen LogP contribution is -2.31. The van der Waals surface area contributed by atoms with Crippen LogP contribution in [0.2, 0.25) is 5.02 Å². The van der Waals surface area contributed by atoms with Crippen LogP contribution in [0.4, 0.5) is 5.69 Å². The van der Waals surface area contributed by atoms with E-state index < -0.39 is 10.8 Å². The highest BCUT2D eigenvalue weighted by Gasteiger charge is 2.30. The Morgan fingerprint density at radius 2 is 2.21 bits per heavy atom. The number of carbonyl (C=O) groups is 1. The summed E-state index contributed by atoms with van der Waals surface area (Å²) < 4.78 is 0. The van der Waals surface area contributed by atoms with Crippen molar-refractivity contribution in [3.8, 4) is 0 Å². The molecule has 1 amide bonds. The Morgan fingerprint density at radius 3 is 2.79 bits per heavy atom. The number of hydrogen-bond acceptors (Lipinski definition) is 3. The standard InChI is InChI=1S/C12H12Cl2N2O3/c13-8-3-4-11(16(18)19)9(5-8)12(17)15-6-10(14)7-1-2-7/h3-5,7,10H,1-2,6H2,(H,15,17). The summed E-state index contributed by atoms with van der Waals surface area (Å²) in [5.74, 6) is -0.0863. The first-order valence-electron chi connectivity index (χ1n) is 5.85. The molecule has 0 radical (unpaired) electrons. The second-order valence-corrected chi connectivity index (χ2v) is 5.48. The molecule has 1 unspecified atom stereocenters. The Balaban J connectivity index is 2.08. The maximum atomic E-state index is 11.9. The third-order valence-electron chi connectivity index (χ3n) is 2.99. The van der Waals surface area contributed by atoms with Crippen molar-refractivity contribution in [2.75, 3.05) is 6.54 Å². The average molecular weight is 303 g/mol. The Bertz CT molecular complexity index is 518. The molecule has 0 bridgehead atoms. The number of benzene rings is 1. The Kier molecular flexibility index (Phi) is 4.27. The molecule has 0 spiro atoms. The van der Waals surface area contributed by atoms with Gasteiger partial charge in [0.2, 0.25) is 0 Å². The van der Waals surface area contributed by atoms with Gasteiger partial charge in [-0.25, -0.2) is 0 Å². The zero-order valence-corrected chi connectivity index (χ0v) is 11.4. The molecule has 0 aliphatic heterocycles. The Morgan fingerprint density at radius 1 is 1.53 bits per heavy atom. The molecule has 1 N–H and O–H groups in total. The van der Waals surface area contributed by atoms with Gasteiger partial charge in [-0.3, -0.25) is 14.9 Å². The molecule has 0 aromatic heterocycles. The van der Waals surface area contributed by atoms with Crippen LogP contribution in [0, 0.1) is 16.0 Å². The topological polar surface area (TPSA) is 72.2 Å². The first-order valence-corrected chi connectivity index (χ1v) is 6.66.